The van der Waals surface area contributed by atoms with Crippen molar-refractivity contribution in [3.63, 3.8) is 0 Å². The number of benzene rings is 2. The molecule has 5 rings (SSSR count). The van der Waals surface area contributed by atoms with Gasteiger partial charge in [-0.25, -0.2) is 9.36 Å². The van der Waals surface area contributed by atoms with Crippen LogP contribution < -0.4 is 10.6 Å². The summed E-state index contributed by atoms with van der Waals surface area (Å²) in [7, 11) is 0. The first-order chi connectivity index (χ1) is 17.4. The fourth-order valence-electron chi connectivity index (χ4n) is 3.89. The highest BCUT2D eigenvalue weighted by Crippen LogP contribution is 2.21. The molecule has 0 saturated heterocycles. The standard InChI is InChI=1S/C27H26N8O/c1-17-18(2)33-35(19(17)3)26-15-14-25(31-32-26)29-21-10-12-22(13-11-21)30-27(36)24-16-28-34(20(24)4)23-8-6-5-7-9-23/h5-16H,1-4H3,(H,29,31)(H,30,36). The van der Waals surface area contributed by atoms with Gasteiger partial charge in [0.05, 0.1) is 28.8 Å². The molecular formula is C27H26N8O. The second-order valence-corrected chi connectivity index (χ2v) is 8.53. The highest BCUT2D eigenvalue weighted by molar-refractivity contribution is 6.05. The summed E-state index contributed by atoms with van der Waals surface area (Å²) in [5.74, 6) is 1.06. The summed E-state index contributed by atoms with van der Waals surface area (Å²) in [6, 6.07) is 20.9. The van der Waals surface area contributed by atoms with E-state index < -0.39 is 0 Å². The van der Waals surface area contributed by atoms with Crippen LogP contribution in [-0.4, -0.2) is 35.7 Å². The van der Waals surface area contributed by atoms with Gasteiger partial charge in [-0.3, -0.25) is 4.79 Å². The summed E-state index contributed by atoms with van der Waals surface area (Å²) in [5, 5.41) is 23.6. The maximum atomic E-state index is 12.8. The predicted octanol–water partition coefficient (Wildman–Crippen LogP) is 5.08. The third-order valence-electron chi connectivity index (χ3n) is 6.19. The number of aryl methyl sites for hydroxylation is 1. The van der Waals surface area contributed by atoms with Crippen molar-refractivity contribution in [1.29, 1.82) is 0 Å². The van der Waals surface area contributed by atoms with Gasteiger partial charge in [-0.05, 0) is 81.8 Å². The van der Waals surface area contributed by atoms with Crippen LogP contribution in [0.2, 0.25) is 0 Å². The molecule has 0 fully saturated rings. The molecule has 9 nitrogen and oxygen atoms in total. The largest absolute Gasteiger partial charge is 0.339 e. The van der Waals surface area contributed by atoms with E-state index in [0.717, 1.165) is 34.0 Å². The average Bonchev–Trinajstić information content (AvgIpc) is 3.41. The van der Waals surface area contributed by atoms with Crippen LogP contribution in [0.1, 0.15) is 33.0 Å². The van der Waals surface area contributed by atoms with E-state index in [1.165, 1.54) is 0 Å². The van der Waals surface area contributed by atoms with E-state index in [9.17, 15) is 4.79 Å². The fraction of sp³-hybridized carbons (Fsp3) is 0.148. The number of amides is 1. The molecule has 0 saturated carbocycles. The Kier molecular flexibility index (Phi) is 6.03. The molecule has 2 aromatic carbocycles. The van der Waals surface area contributed by atoms with E-state index in [2.05, 4.69) is 31.0 Å². The van der Waals surface area contributed by atoms with Crippen molar-refractivity contribution in [3.05, 3.63) is 101 Å². The van der Waals surface area contributed by atoms with Crippen molar-refractivity contribution in [2.24, 2.45) is 0 Å². The third-order valence-corrected chi connectivity index (χ3v) is 6.19. The molecule has 0 aliphatic heterocycles. The van der Waals surface area contributed by atoms with Gasteiger partial charge >= 0.3 is 0 Å². The van der Waals surface area contributed by atoms with E-state index in [4.69, 9.17) is 0 Å². The Bertz CT molecular complexity index is 1520. The molecule has 0 atom stereocenters. The minimum Gasteiger partial charge on any atom is -0.339 e. The zero-order valence-electron chi connectivity index (χ0n) is 20.5. The van der Waals surface area contributed by atoms with Gasteiger partial charge < -0.3 is 10.6 Å². The smallest absolute Gasteiger partial charge is 0.259 e. The van der Waals surface area contributed by atoms with Crippen molar-refractivity contribution >= 4 is 23.1 Å². The summed E-state index contributed by atoms with van der Waals surface area (Å²) in [6.45, 7) is 7.92. The molecule has 9 heteroatoms. The number of rotatable bonds is 6. The number of anilines is 3. The molecule has 1 amide bonds. The summed E-state index contributed by atoms with van der Waals surface area (Å²) < 4.78 is 3.55. The lowest BCUT2D eigenvalue weighted by molar-refractivity contribution is 0.102. The summed E-state index contributed by atoms with van der Waals surface area (Å²) in [6.07, 6.45) is 1.59. The number of aromatic nitrogens is 6. The Morgan fingerprint density at radius 1 is 0.778 bits per heavy atom. The summed E-state index contributed by atoms with van der Waals surface area (Å²) in [5.41, 5.74) is 6.87. The number of hydrogen-bond donors (Lipinski definition) is 2. The van der Waals surface area contributed by atoms with Gasteiger partial charge in [0.25, 0.3) is 5.91 Å². The Balaban J connectivity index is 1.24. The second-order valence-electron chi connectivity index (χ2n) is 8.53. The highest BCUT2D eigenvalue weighted by atomic mass is 16.1. The first-order valence-corrected chi connectivity index (χ1v) is 11.6. The van der Waals surface area contributed by atoms with E-state index in [1.54, 1.807) is 15.6 Å². The molecule has 5 aromatic rings. The van der Waals surface area contributed by atoms with Gasteiger partial charge in [0, 0.05) is 17.1 Å². The summed E-state index contributed by atoms with van der Waals surface area (Å²) >= 11 is 0. The van der Waals surface area contributed by atoms with Crippen molar-refractivity contribution in [2.45, 2.75) is 27.7 Å². The molecule has 0 radical (unpaired) electrons. The molecule has 0 aliphatic rings. The Morgan fingerprint density at radius 3 is 2.14 bits per heavy atom. The van der Waals surface area contributed by atoms with E-state index in [1.807, 2.05) is 94.4 Å². The van der Waals surface area contributed by atoms with Gasteiger partial charge in [-0.1, -0.05) is 18.2 Å². The number of nitrogens with one attached hydrogen (secondary N) is 2. The van der Waals surface area contributed by atoms with Crippen LogP contribution in [0.25, 0.3) is 11.5 Å². The first kappa shape index (κ1) is 23.0. The quantitative estimate of drug-likeness (QED) is 0.353. The molecule has 0 spiro atoms. The van der Waals surface area contributed by atoms with Crippen molar-refractivity contribution in [3.8, 4) is 11.5 Å². The monoisotopic (exact) mass is 478 g/mol. The molecule has 3 heterocycles. The molecule has 3 aromatic heterocycles. The van der Waals surface area contributed by atoms with Crippen LogP contribution in [0.3, 0.4) is 0 Å². The van der Waals surface area contributed by atoms with Gasteiger partial charge in [0.15, 0.2) is 11.6 Å². The van der Waals surface area contributed by atoms with Crippen LogP contribution >= 0.6 is 0 Å². The number of hydrogen-bond acceptors (Lipinski definition) is 6. The number of para-hydroxylation sites is 1. The SMILES string of the molecule is Cc1nn(-c2ccc(Nc3ccc(NC(=O)c4cnn(-c5ccccc5)c4C)cc3)nn2)c(C)c1C. The minimum atomic E-state index is -0.212. The maximum absolute atomic E-state index is 12.8. The predicted molar refractivity (Wildman–Crippen MR) is 139 cm³/mol. The third kappa shape index (κ3) is 4.46. The van der Waals surface area contributed by atoms with Crippen molar-refractivity contribution in [2.75, 3.05) is 10.6 Å². The van der Waals surface area contributed by atoms with E-state index in [0.29, 0.717) is 22.9 Å². The lowest BCUT2D eigenvalue weighted by Crippen LogP contribution is -2.13. The van der Waals surface area contributed by atoms with Crippen LogP contribution in [0.5, 0.6) is 0 Å². The molecule has 0 unspecified atom stereocenters. The normalized spacial score (nSPS) is 10.9. The van der Waals surface area contributed by atoms with Crippen LogP contribution in [0.15, 0.2) is 72.9 Å². The molecule has 2 N–H and O–H groups in total. The second kappa shape index (κ2) is 9.46. The van der Waals surface area contributed by atoms with Crippen LogP contribution in [0, 0.1) is 27.7 Å². The highest BCUT2D eigenvalue weighted by Gasteiger charge is 2.15. The lowest BCUT2D eigenvalue weighted by Gasteiger charge is -2.09. The van der Waals surface area contributed by atoms with Crippen molar-refractivity contribution in [1.82, 2.24) is 29.8 Å². The van der Waals surface area contributed by atoms with Gasteiger partial charge in [0.2, 0.25) is 0 Å². The molecule has 180 valence electrons. The number of carbonyl (C=O) groups excluding carboxylic acids is 1. The molecule has 36 heavy (non-hydrogen) atoms. The van der Waals surface area contributed by atoms with Gasteiger partial charge in [-0.2, -0.15) is 10.2 Å². The zero-order valence-corrected chi connectivity index (χ0v) is 20.5. The zero-order chi connectivity index (χ0) is 25.2. The van der Waals surface area contributed by atoms with E-state index >= 15 is 0 Å². The fourth-order valence-corrected chi connectivity index (χ4v) is 3.89. The van der Waals surface area contributed by atoms with Gasteiger partial charge in [-0.15, -0.1) is 10.2 Å². The first-order valence-electron chi connectivity index (χ1n) is 11.6. The molecule has 0 bridgehead atoms. The molecular weight excluding hydrogens is 452 g/mol. The van der Waals surface area contributed by atoms with E-state index in [-0.39, 0.29) is 5.91 Å². The Labute approximate surface area is 208 Å². The molecule has 0 aliphatic carbocycles. The summed E-state index contributed by atoms with van der Waals surface area (Å²) in [4.78, 5) is 12.8. The maximum Gasteiger partial charge on any atom is 0.259 e. The van der Waals surface area contributed by atoms with Crippen LogP contribution in [-0.2, 0) is 0 Å². The minimum absolute atomic E-state index is 0.212. The number of carbonyl (C=O) groups is 1. The van der Waals surface area contributed by atoms with Crippen LogP contribution in [0.4, 0.5) is 17.2 Å². The topological polar surface area (TPSA) is 103 Å². The van der Waals surface area contributed by atoms with Gasteiger partial charge in [0.1, 0.15) is 0 Å². The average molecular weight is 479 g/mol. The lowest BCUT2D eigenvalue weighted by atomic mass is 10.2. The number of nitrogens with zero attached hydrogens (tertiary/aromatic N) is 6. The Morgan fingerprint density at radius 2 is 1.50 bits per heavy atom. The van der Waals surface area contributed by atoms with Crippen molar-refractivity contribution < 1.29 is 4.79 Å². The Hall–Kier alpha value is -4.79.